The molecular weight excluding hydrogens is 623 g/mol. The van der Waals surface area contributed by atoms with Crippen LogP contribution in [-0.4, -0.2) is 17.3 Å². The lowest BCUT2D eigenvalue weighted by atomic mass is 10.2. The molecule has 1 heterocycles. The van der Waals surface area contributed by atoms with Crippen LogP contribution in [0.3, 0.4) is 0 Å². The zero-order valence-corrected chi connectivity index (χ0v) is 19.8. The van der Waals surface area contributed by atoms with Gasteiger partial charge >= 0.3 is 0 Å². The molecule has 9 heteroatoms. The smallest absolute Gasteiger partial charge is 0.270 e. The molecule has 26 heavy (non-hydrogen) atoms. The van der Waals surface area contributed by atoms with Crippen LogP contribution in [0.1, 0.15) is 5.56 Å². The zero-order chi connectivity index (χ0) is 19.0. The molecule has 0 radical (unpaired) electrons. The summed E-state index contributed by atoms with van der Waals surface area (Å²) in [6, 6.07) is 8.00. The first kappa shape index (κ1) is 20.3. The molecular formula is C17H9ClFI2NO2S2. The minimum absolute atomic E-state index is 0.0608. The van der Waals surface area contributed by atoms with Crippen molar-refractivity contribution in [2.24, 2.45) is 0 Å². The molecule has 3 rings (SSSR count). The summed E-state index contributed by atoms with van der Waals surface area (Å²) in [6.07, 6.45) is 1.76. The summed E-state index contributed by atoms with van der Waals surface area (Å²) in [6.45, 7) is 0. The van der Waals surface area contributed by atoms with Crippen molar-refractivity contribution in [3.63, 3.8) is 0 Å². The second kappa shape index (κ2) is 8.29. The van der Waals surface area contributed by atoms with E-state index >= 15 is 0 Å². The van der Waals surface area contributed by atoms with Crippen molar-refractivity contribution in [1.82, 2.24) is 0 Å². The van der Waals surface area contributed by atoms with Crippen molar-refractivity contribution >= 4 is 103 Å². The third kappa shape index (κ3) is 4.03. The monoisotopic (exact) mass is 631 g/mol. The number of hydrogen-bond acceptors (Lipinski definition) is 4. The first-order valence-corrected chi connectivity index (χ1v) is 10.8. The normalized spacial score (nSPS) is 15.9. The number of halogens is 4. The van der Waals surface area contributed by atoms with Gasteiger partial charge in [-0.25, -0.2) is 4.39 Å². The van der Waals surface area contributed by atoms with Crippen LogP contribution in [0.15, 0.2) is 35.2 Å². The fourth-order valence-electron chi connectivity index (χ4n) is 2.36. The standard InChI is InChI=1S/C17H9ClFI2NO2S2/c1-24-15-8(4-9(20)6-13(15)21)5-14-16(23)22(17(25)26-14)10-2-3-12(19)11(18)7-10/h2-7H,1H3. The molecule has 0 bridgehead atoms. The van der Waals surface area contributed by atoms with E-state index in [2.05, 4.69) is 45.2 Å². The predicted octanol–water partition coefficient (Wildman–Crippen LogP) is 6.10. The van der Waals surface area contributed by atoms with Crippen molar-refractivity contribution in [3.8, 4) is 5.75 Å². The molecule has 0 spiro atoms. The Kier molecular flexibility index (Phi) is 6.48. The molecule has 0 unspecified atom stereocenters. The number of thioether (sulfide) groups is 1. The first-order chi connectivity index (χ1) is 12.3. The van der Waals surface area contributed by atoms with Gasteiger partial charge in [-0.1, -0.05) is 35.6 Å². The zero-order valence-electron chi connectivity index (χ0n) is 13.1. The molecule has 0 N–H and O–H groups in total. The van der Waals surface area contributed by atoms with Crippen LogP contribution in [0.2, 0.25) is 5.02 Å². The number of rotatable bonds is 3. The van der Waals surface area contributed by atoms with Gasteiger partial charge in [-0.3, -0.25) is 9.69 Å². The minimum atomic E-state index is -0.547. The molecule has 0 aromatic heterocycles. The van der Waals surface area contributed by atoms with Crippen LogP contribution in [0.5, 0.6) is 5.75 Å². The average molecular weight is 632 g/mol. The van der Waals surface area contributed by atoms with Gasteiger partial charge in [0.15, 0.2) is 4.32 Å². The molecule has 3 nitrogen and oxygen atoms in total. The van der Waals surface area contributed by atoms with Gasteiger partial charge in [0, 0.05) is 9.13 Å². The fraction of sp³-hybridized carbons (Fsp3) is 0.0588. The number of carbonyl (C=O) groups is 1. The van der Waals surface area contributed by atoms with E-state index in [0.29, 0.717) is 20.7 Å². The van der Waals surface area contributed by atoms with E-state index in [1.165, 1.54) is 34.9 Å². The van der Waals surface area contributed by atoms with Crippen molar-refractivity contribution in [1.29, 1.82) is 0 Å². The summed E-state index contributed by atoms with van der Waals surface area (Å²) in [5.74, 6) is -0.130. The van der Waals surface area contributed by atoms with Gasteiger partial charge in [-0.2, -0.15) is 0 Å². The quantitative estimate of drug-likeness (QED) is 0.233. The minimum Gasteiger partial charge on any atom is -0.495 e. The molecule has 1 aliphatic heterocycles. The summed E-state index contributed by atoms with van der Waals surface area (Å²) >= 11 is 16.8. The van der Waals surface area contributed by atoms with Crippen molar-refractivity contribution in [2.75, 3.05) is 12.0 Å². The Hall–Kier alpha value is -0.430. The summed E-state index contributed by atoms with van der Waals surface area (Å²) in [5, 5.41) is -0.0608. The number of hydrogen-bond donors (Lipinski definition) is 0. The topological polar surface area (TPSA) is 29.5 Å². The van der Waals surface area contributed by atoms with E-state index in [4.69, 9.17) is 28.6 Å². The lowest BCUT2D eigenvalue weighted by molar-refractivity contribution is -0.113. The molecule has 1 saturated heterocycles. The van der Waals surface area contributed by atoms with Gasteiger partial charge in [0.2, 0.25) is 0 Å². The number of benzene rings is 2. The maximum atomic E-state index is 13.4. The SMILES string of the molecule is COc1c(I)cc(I)cc1C=C1SC(=S)N(c2ccc(F)c(Cl)c2)C1=O. The lowest BCUT2D eigenvalue weighted by Crippen LogP contribution is -2.27. The second-order valence-electron chi connectivity index (χ2n) is 5.13. The molecule has 2 aromatic carbocycles. The summed E-state index contributed by atoms with van der Waals surface area (Å²) in [7, 11) is 1.59. The Labute approximate surface area is 191 Å². The Balaban J connectivity index is 2.01. The number of ether oxygens (including phenoxy) is 1. The number of nitrogens with zero attached hydrogens (tertiary/aromatic N) is 1. The van der Waals surface area contributed by atoms with Crippen LogP contribution in [0.4, 0.5) is 10.1 Å². The number of methoxy groups -OCH3 is 1. The molecule has 2 aromatic rings. The Morgan fingerprint density at radius 3 is 2.69 bits per heavy atom. The number of carbonyl (C=O) groups excluding carboxylic acids is 1. The lowest BCUT2D eigenvalue weighted by Gasteiger charge is -2.15. The van der Waals surface area contributed by atoms with Crippen molar-refractivity contribution in [3.05, 3.63) is 58.8 Å². The molecule has 1 aliphatic rings. The highest BCUT2D eigenvalue weighted by molar-refractivity contribution is 14.1. The van der Waals surface area contributed by atoms with E-state index < -0.39 is 5.82 Å². The Morgan fingerprint density at radius 1 is 1.31 bits per heavy atom. The third-order valence-electron chi connectivity index (χ3n) is 3.48. The van der Waals surface area contributed by atoms with Crippen LogP contribution < -0.4 is 9.64 Å². The first-order valence-electron chi connectivity index (χ1n) is 7.08. The van der Waals surface area contributed by atoms with Crippen LogP contribution in [0, 0.1) is 13.0 Å². The van der Waals surface area contributed by atoms with E-state index in [1.807, 2.05) is 12.1 Å². The molecule has 1 amide bonds. The summed E-state index contributed by atoms with van der Waals surface area (Å²) in [5.41, 5.74) is 1.23. The molecule has 0 atom stereocenters. The fourth-order valence-corrected chi connectivity index (χ4v) is 5.93. The second-order valence-corrected chi connectivity index (χ2v) is 9.62. The van der Waals surface area contributed by atoms with E-state index in [0.717, 1.165) is 12.7 Å². The predicted molar refractivity (Wildman–Crippen MR) is 125 cm³/mol. The Morgan fingerprint density at radius 2 is 2.04 bits per heavy atom. The number of anilines is 1. The Bertz CT molecular complexity index is 968. The van der Waals surface area contributed by atoms with Gasteiger partial charge in [-0.05, 0) is 81.6 Å². The number of amides is 1. The highest BCUT2D eigenvalue weighted by Gasteiger charge is 2.34. The van der Waals surface area contributed by atoms with Gasteiger partial charge in [0.05, 0.1) is 26.3 Å². The largest absolute Gasteiger partial charge is 0.495 e. The molecule has 134 valence electrons. The van der Waals surface area contributed by atoms with Crippen molar-refractivity contribution in [2.45, 2.75) is 0 Å². The highest BCUT2D eigenvalue weighted by atomic mass is 127. The van der Waals surface area contributed by atoms with Gasteiger partial charge < -0.3 is 4.74 Å². The van der Waals surface area contributed by atoms with E-state index in [9.17, 15) is 9.18 Å². The van der Waals surface area contributed by atoms with Gasteiger partial charge in [-0.15, -0.1) is 0 Å². The molecule has 0 aliphatic carbocycles. The highest BCUT2D eigenvalue weighted by Crippen LogP contribution is 2.39. The van der Waals surface area contributed by atoms with E-state index in [1.54, 1.807) is 13.2 Å². The van der Waals surface area contributed by atoms with Gasteiger partial charge in [0.25, 0.3) is 5.91 Å². The van der Waals surface area contributed by atoms with Crippen molar-refractivity contribution < 1.29 is 13.9 Å². The van der Waals surface area contributed by atoms with E-state index in [-0.39, 0.29) is 10.9 Å². The maximum absolute atomic E-state index is 13.4. The van der Waals surface area contributed by atoms with Crippen LogP contribution in [-0.2, 0) is 4.79 Å². The van der Waals surface area contributed by atoms with Gasteiger partial charge in [0.1, 0.15) is 11.6 Å². The third-order valence-corrected chi connectivity index (χ3v) is 6.50. The number of thiocarbonyl (C=S) groups is 1. The molecule has 0 saturated carbocycles. The maximum Gasteiger partial charge on any atom is 0.270 e. The van der Waals surface area contributed by atoms with Crippen LogP contribution >= 0.6 is 80.8 Å². The summed E-state index contributed by atoms with van der Waals surface area (Å²) in [4.78, 5) is 14.7. The summed E-state index contributed by atoms with van der Waals surface area (Å²) < 4.78 is 21.2. The average Bonchev–Trinajstić information content (AvgIpc) is 2.84. The van der Waals surface area contributed by atoms with Crippen LogP contribution in [0.25, 0.3) is 6.08 Å². The molecule has 1 fully saturated rings.